The highest BCUT2D eigenvalue weighted by Gasteiger charge is 2.18. The van der Waals surface area contributed by atoms with E-state index in [0.29, 0.717) is 0 Å². The molecular weight excluding hydrogens is 289 g/mol. The lowest BCUT2D eigenvalue weighted by Crippen LogP contribution is -2.23. The highest BCUT2D eigenvalue weighted by molar-refractivity contribution is 6.31. The van der Waals surface area contributed by atoms with Crippen LogP contribution >= 0.6 is 11.6 Å². The van der Waals surface area contributed by atoms with Gasteiger partial charge in [-0.05, 0) is 42.3 Å². The molecule has 1 atom stereocenters. The molecule has 0 amide bonds. The lowest BCUT2D eigenvalue weighted by Gasteiger charge is -2.21. The Morgan fingerprint density at radius 3 is 2.71 bits per heavy atom. The standard InChI is InChI=1S/C17H19ClFNO/c1-3-10-20-17(12-6-4-7-13(11-12)21-2)14-8-5-9-15(19)16(14)18/h4-9,11,17,20H,3,10H2,1-2H3. The third-order valence-corrected chi connectivity index (χ3v) is 3.72. The predicted molar refractivity (Wildman–Crippen MR) is 84.5 cm³/mol. The maximum Gasteiger partial charge on any atom is 0.142 e. The van der Waals surface area contributed by atoms with Crippen LogP contribution in [0.5, 0.6) is 5.75 Å². The quantitative estimate of drug-likeness (QED) is 0.843. The molecule has 0 bridgehead atoms. The zero-order valence-electron chi connectivity index (χ0n) is 12.2. The van der Waals surface area contributed by atoms with Gasteiger partial charge >= 0.3 is 0 Å². The maximum absolute atomic E-state index is 13.7. The van der Waals surface area contributed by atoms with E-state index in [1.807, 2.05) is 30.3 Å². The average molecular weight is 308 g/mol. The summed E-state index contributed by atoms with van der Waals surface area (Å²) in [6.07, 6.45) is 0.980. The molecule has 0 aliphatic rings. The van der Waals surface area contributed by atoms with Crippen molar-refractivity contribution in [1.29, 1.82) is 0 Å². The van der Waals surface area contributed by atoms with E-state index in [0.717, 1.165) is 29.8 Å². The molecule has 2 nitrogen and oxygen atoms in total. The molecule has 0 fully saturated rings. The second-order valence-electron chi connectivity index (χ2n) is 4.81. The van der Waals surface area contributed by atoms with Crippen LogP contribution in [0.2, 0.25) is 5.02 Å². The number of methoxy groups -OCH3 is 1. The summed E-state index contributed by atoms with van der Waals surface area (Å²) in [5, 5.41) is 3.58. The van der Waals surface area contributed by atoms with Gasteiger partial charge in [-0.2, -0.15) is 0 Å². The van der Waals surface area contributed by atoms with E-state index in [9.17, 15) is 4.39 Å². The number of ether oxygens (including phenoxy) is 1. The fraction of sp³-hybridized carbons (Fsp3) is 0.294. The van der Waals surface area contributed by atoms with Crippen molar-refractivity contribution in [1.82, 2.24) is 5.32 Å². The van der Waals surface area contributed by atoms with Gasteiger partial charge in [-0.25, -0.2) is 4.39 Å². The molecule has 0 aliphatic carbocycles. The Balaban J connectivity index is 2.44. The van der Waals surface area contributed by atoms with Crippen LogP contribution in [0.1, 0.15) is 30.5 Å². The van der Waals surface area contributed by atoms with Crippen molar-refractivity contribution < 1.29 is 9.13 Å². The first-order valence-electron chi connectivity index (χ1n) is 6.98. The molecule has 0 saturated carbocycles. The van der Waals surface area contributed by atoms with Gasteiger partial charge in [-0.3, -0.25) is 0 Å². The van der Waals surface area contributed by atoms with E-state index in [1.165, 1.54) is 6.07 Å². The van der Waals surface area contributed by atoms with Crippen LogP contribution in [0.4, 0.5) is 4.39 Å². The highest BCUT2D eigenvalue weighted by Crippen LogP contribution is 2.31. The topological polar surface area (TPSA) is 21.3 Å². The average Bonchev–Trinajstić information content (AvgIpc) is 2.52. The van der Waals surface area contributed by atoms with Crippen molar-refractivity contribution in [3.63, 3.8) is 0 Å². The highest BCUT2D eigenvalue weighted by atomic mass is 35.5. The largest absolute Gasteiger partial charge is 0.497 e. The van der Waals surface area contributed by atoms with Gasteiger partial charge in [0.15, 0.2) is 0 Å². The monoisotopic (exact) mass is 307 g/mol. The normalized spacial score (nSPS) is 12.2. The van der Waals surface area contributed by atoms with Crippen LogP contribution < -0.4 is 10.1 Å². The second kappa shape index (κ2) is 7.43. The summed E-state index contributed by atoms with van der Waals surface area (Å²) in [5.74, 6) is 0.365. The molecule has 0 spiro atoms. The van der Waals surface area contributed by atoms with Gasteiger partial charge in [0, 0.05) is 0 Å². The number of rotatable bonds is 6. The molecule has 0 heterocycles. The summed E-state index contributed by atoms with van der Waals surface area (Å²) in [7, 11) is 1.63. The Bertz CT molecular complexity index is 603. The predicted octanol–water partition coefficient (Wildman–Crippen LogP) is 4.58. The van der Waals surface area contributed by atoms with Gasteiger partial charge in [-0.1, -0.05) is 42.8 Å². The first-order valence-corrected chi connectivity index (χ1v) is 7.36. The lowest BCUT2D eigenvalue weighted by molar-refractivity contribution is 0.413. The Kier molecular flexibility index (Phi) is 5.59. The molecule has 2 aromatic carbocycles. The minimum atomic E-state index is -0.402. The first-order chi connectivity index (χ1) is 10.2. The van der Waals surface area contributed by atoms with Crippen LogP contribution in [-0.4, -0.2) is 13.7 Å². The van der Waals surface area contributed by atoms with Gasteiger partial charge in [0.05, 0.1) is 18.2 Å². The van der Waals surface area contributed by atoms with Gasteiger partial charge in [-0.15, -0.1) is 0 Å². The Labute approximate surface area is 129 Å². The molecule has 21 heavy (non-hydrogen) atoms. The van der Waals surface area contributed by atoms with Crippen LogP contribution in [0.25, 0.3) is 0 Å². The fourth-order valence-electron chi connectivity index (χ4n) is 2.26. The van der Waals surface area contributed by atoms with Crippen molar-refractivity contribution in [2.45, 2.75) is 19.4 Å². The SMILES string of the molecule is CCCNC(c1cccc(OC)c1)c1cccc(F)c1Cl. The molecule has 1 N–H and O–H groups in total. The minimum absolute atomic E-state index is 0.161. The zero-order chi connectivity index (χ0) is 15.2. The smallest absolute Gasteiger partial charge is 0.142 e. The molecule has 0 aliphatic heterocycles. The Morgan fingerprint density at radius 2 is 2.00 bits per heavy atom. The Hall–Kier alpha value is -1.58. The molecular formula is C17H19ClFNO. The van der Waals surface area contributed by atoms with Crippen molar-refractivity contribution in [2.24, 2.45) is 0 Å². The van der Waals surface area contributed by atoms with E-state index >= 15 is 0 Å². The van der Waals surface area contributed by atoms with E-state index < -0.39 is 5.82 Å². The summed E-state index contributed by atoms with van der Waals surface area (Å²) in [6, 6.07) is 12.5. The Morgan fingerprint density at radius 1 is 1.24 bits per heavy atom. The second-order valence-corrected chi connectivity index (χ2v) is 5.18. The van der Waals surface area contributed by atoms with Crippen molar-refractivity contribution in [2.75, 3.05) is 13.7 Å². The summed E-state index contributed by atoms with van der Waals surface area (Å²) >= 11 is 6.14. The van der Waals surface area contributed by atoms with Crippen molar-refractivity contribution in [3.8, 4) is 5.75 Å². The molecule has 4 heteroatoms. The van der Waals surface area contributed by atoms with Crippen molar-refractivity contribution >= 4 is 11.6 Å². The summed E-state index contributed by atoms with van der Waals surface area (Å²) in [4.78, 5) is 0. The van der Waals surface area contributed by atoms with Gasteiger partial charge in [0.1, 0.15) is 11.6 Å². The lowest BCUT2D eigenvalue weighted by atomic mass is 9.98. The third kappa shape index (κ3) is 3.74. The number of halogens is 2. The van der Waals surface area contributed by atoms with E-state index in [2.05, 4.69) is 12.2 Å². The molecule has 2 rings (SSSR count). The van der Waals surface area contributed by atoms with Crippen LogP contribution in [0.15, 0.2) is 42.5 Å². The van der Waals surface area contributed by atoms with Crippen LogP contribution in [0, 0.1) is 5.82 Å². The number of hydrogen-bond acceptors (Lipinski definition) is 2. The molecule has 0 aromatic heterocycles. The molecule has 0 saturated heterocycles. The van der Waals surface area contributed by atoms with Gasteiger partial charge in [0.2, 0.25) is 0 Å². The molecule has 112 valence electrons. The van der Waals surface area contributed by atoms with Gasteiger partial charge < -0.3 is 10.1 Å². The molecule has 0 radical (unpaired) electrons. The number of nitrogens with one attached hydrogen (secondary N) is 1. The van der Waals surface area contributed by atoms with Crippen LogP contribution in [0.3, 0.4) is 0 Å². The summed E-state index contributed by atoms with van der Waals surface area (Å²) in [6.45, 7) is 2.90. The zero-order valence-corrected chi connectivity index (χ0v) is 13.0. The van der Waals surface area contributed by atoms with Crippen molar-refractivity contribution in [3.05, 3.63) is 64.4 Å². The summed E-state index contributed by atoms with van der Waals surface area (Å²) < 4.78 is 19.0. The minimum Gasteiger partial charge on any atom is -0.497 e. The van der Waals surface area contributed by atoms with Gasteiger partial charge in [0.25, 0.3) is 0 Å². The van der Waals surface area contributed by atoms with E-state index in [4.69, 9.17) is 16.3 Å². The molecule has 1 unspecified atom stereocenters. The fourth-order valence-corrected chi connectivity index (χ4v) is 2.50. The maximum atomic E-state index is 13.7. The van der Waals surface area contributed by atoms with E-state index in [-0.39, 0.29) is 11.1 Å². The third-order valence-electron chi connectivity index (χ3n) is 3.32. The van der Waals surface area contributed by atoms with Crippen LogP contribution in [-0.2, 0) is 0 Å². The first kappa shape index (κ1) is 15.8. The number of hydrogen-bond donors (Lipinski definition) is 1. The molecule has 2 aromatic rings. The summed E-state index contributed by atoms with van der Waals surface area (Å²) in [5.41, 5.74) is 1.73. The van der Waals surface area contributed by atoms with E-state index in [1.54, 1.807) is 13.2 Å². The number of benzene rings is 2.